The van der Waals surface area contributed by atoms with Crippen molar-refractivity contribution in [3.63, 3.8) is 0 Å². The van der Waals surface area contributed by atoms with Crippen molar-refractivity contribution in [3.05, 3.63) is 54.4 Å². The standard InChI is InChI=1S/C14H28FNOS.C10H20O.C6H6.C4H6N2.C2H6/c1-12(2)10-16(4)18(5,17)11-13-6-8-14(3,15)9-7-13;1-4-6-10(7-5-2)8-9(3)11;1-2-4-6-5-3-1;1-4-2-3-5-6-4;1-2/h12-13H,5-11H2,1-4H3;10H,4-8H2,1-3H3;1-6H;2-3H,1H3,(H,5,6);1-2H3. The van der Waals surface area contributed by atoms with Crippen LogP contribution in [0.5, 0.6) is 0 Å². The van der Waals surface area contributed by atoms with Gasteiger partial charge in [0.25, 0.3) is 0 Å². The number of Topliss-reactive ketones (excluding diaryl/α,β-unsaturated/α-hetero) is 1. The number of aryl methyl sites for hydroxylation is 1. The molecule has 0 bridgehead atoms. The molecule has 7 heteroatoms. The van der Waals surface area contributed by atoms with Crippen molar-refractivity contribution in [1.29, 1.82) is 0 Å². The molecule has 1 heterocycles. The van der Waals surface area contributed by atoms with Gasteiger partial charge in [-0.2, -0.15) is 5.10 Å². The maximum atomic E-state index is 13.7. The number of ketones is 1. The van der Waals surface area contributed by atoms with E-state index in [0.717, 1.165) is 31.5 Å². The normalized spacial score (nSPS) is 18.9. The summed E-state index contributed by atoms with van der Waals surface area (Å²) in [7, 11) is -0.295. The van der Waals surface area contributed by atoms with Crippen molar-refractivity contribution in [1.82, 2.24) is 14.5 Å². The maximum Gasteiger partial charge on any atom is 0.130 e. The van der Waals surface area contributed by atoms with E-state index in [1.807, 2.05) is 74.6 Å². The van der Waals surface area contributed by atoms with E-state index in [1.165, 1.54) is 25.7 Å². The minimum absolute atomic E-state index is 0.344. The number of rotatable bonds is 11. The van der Waals surface area contributed by atoms with Crippen LogP contribution in [0.4, 0.5) is 4.39 Å². The molecule has 1 aromatic carbocycles. The number of benzene rings is 1. The first-order chi connectivity index (χ1) is 20.2. The van der Waals surface area contributed by atoms with Gasteiger partial charge in [0, 0.05) is 40.3 Å². The lowest BCUT2D eigenvalue weighted by Crippen LogP contribution is -2.36. The van der Waals surface area contributed by atoms with Crippen LogP contribution in [0, 0.1) is 24.7 Å². The summed E-state index contributed by atoms with van der Waals surface area (Å²) in [5, 5.41) is 6.45. The van der Waals surface area contributed by atoms with Crippen molar-refractivity contribution in [2.45, 2.75) is 126 Å². The first-order valence-electron chi connectivity index (χ1n) is 16.4. The quantitative estimate of drug-likeness (QED) is 0.253. The number of hydrogen-bond donors (Lipinski definition) is 1. The average molecular weight is 624 g/mol. The molecule has 43 heavy (non-hydrogen) atoms. The van der Waals surface area contributed by atoms with E-state index >= 15 is 0 Å². The van der Waals surface area contributed by atoms with Gasteiger partial charge in [-0.15, -0.1) is 0 Å². The van der Waals surface area contributed by atoms with Crippen LogP contribution in [0.1, 0.15) is 119 Å². The van der Waals surface area contributed by atoms with Crippen LogP contribution in [0.15, 0.2) is 48.7 Å². The number of aromatic nitrogens is 2. The molecule has 0 radical (unpaired) electrons. The van der Waals surface area contributed by atoms with Gasteiger partial charge in [0.15, 0.2) is 0 Å². The molecule has 1 aliphatic rings. The van der Waals surface area contributed by atoms with Gasteiger partial charge in [0.1, 0.15) is 11.5 Å². The highest BCUT2D eigenvalue weighted by Gasteiger charge is 2.32. The van der Waals surface area contributed by atoms with Crippen LogP contribution < -0.4 is 0 Å². The summed E-state index contributed by atoms with van der Waals surface area (Å²) in [6, 6.07) is 13.9. The topological polar surface area (TPSA) is 66.1 Å². The van der Waals surface area contributed by atoms with Gasteiger partial charge in [0.2, 0.25) is 0 Å². The third-order valence-electron chi connectivity index (χ3n) is 7.11. The number of nitrogens with one attached hydrogen (secondary N) is 1. The van der Waals surface area contributed by atoms with Crippen LogP contribution in [-0.2, 0) is 14.5 Å². The number of alkyl halides is 1. The summed E-state index contributed by atoms with van der Waals surface area (Å²) in [6.07, 6.45) is 10.2. The second kappa shape index (κ2) is 25.3. The van der Waals surface area contributed by atoms with E-state index in [2.05, 4.69) is 43.8 Å². The first-order valence-corrected chi connectivity index (χ1v) is 18.3. The van der Waals surface area contributed by atoms with E-state index < -0.39 is 15.4 Å². The van der Waals surface area contributed by atoms with E-state index in [0.29, 0.717) is 42.1 Å². The highest BCUT2D eigenvalue weighted by Crippen LogP contribution is 2.35. The zero-order valence-electron chi connectivity index (χ0n) is 29.3. The number of hydrogen-bond acceptors (Lipinski definition) is 3. The molecule has 0 aliphatic heterocycles. The Labute approximate surface area is 266 Å². The molecular formula is C36H66FN3O2S. The Morgan fingerprint density at radius 1 is 1.09 bits per heavy atom. The molecule has 1 aliphatic carbocycles. The predicted molar refractivity (Wildman–Crippen MR) is 189 cm³/mol. The van der Waals surface area contributed by atoms with Crippen molar-refractivity contribution in [2.75, 3.05) is 19.3 Å². The number of H-pyrrole nitrogens is 1. The summed E-state index contributed by atoms with van der Waals surface area (Å²) < 4.78 is 28.2. The molecule has 1 aromatic heterocycles. The van der Waals surface area contributed by atoms with Gasteiger partial charge in [-0.1, -0.05) is 104 Å². The largest absolute Gasteiger partial charge is 0.300 e. The molecule has 3 rings (SSSR count). The van der Waals surface area contributed by atoms with Crippen molar-refractivity contribution < 1.29 is 13.4 Å². The molecule has 0 amide bonds. The van der Waals surface area contributed by atoms with Gasteiger partial charge >= 0.3 is 0 Å². The third-order valence-corrected chi connectivity index (χ3v) is 9.39. The maximum absolute atomic E-state index is 13.7. The lowest BCUT2D eigenvalue weighted by atomic mass is 9.82. The van der Waals surface area contributed by atoms with E-state index in [9.17, 15) is 13.4 Å². The van der Waals surface area contributed by atoms with Crippen LogP contribution in [0.3, 0.4) is 0 Å². The zero-order valence-corrected chi connectivity index (χ0v) is 30.1. The fourth-order valence-corrected chi connectivity index (χ4v) is 6.77. The van der Waals surface area contributed by atoms with E-state index in [-0.39, 0.29) is 0 Å². The van der Waals surface area contributed by atoms with E-state index in [1.54, 1.807) is 20.0 Å². The molecule has 0 spiro atoms. The molecule has 2 aromatic rings. The van der Waals surface area contributed by atoms with Crippen molar-refractivity contribution >= 4 is 21.4 Å². The predicted octanol–water partition coefficient (Wildman–Crippen LogP) is 9.74. The summed E-state index contributed by atoms with van der Waals surface area (Å²) in [4.78, 5) is 10.8. The van der Waals surface area contributed by atoms with Crippen LogP contribution in [0.25, 0.3) is 0 Å². The second-order valence-corrected chi connectivity index (χ2v) is 14.7. The lowest BCUT2D eigenvalue weighted by molar-refractivity contribution is -0.118. The Morgan fingerprint density at radius 2 is 1.56 bits per heavy atom. The average Bonchev–Trinajstić information content (AvgIpc) is 3.43. The summed E-state index contributed by atoms with van der Waals surface area (Å²) in [5.74, 6) is 6.38. The smallest absolute Gasteiger partial charge is 0.130 e. The second-order valence-electron chi connectivity index (χ2n) is 12.2. The molecule has 250 valence electrons. The van der Waals surface area contributed by atoms with Gasteiger partial charge in [-0.3, -0.25) is 9.31 Å². The summed E-state index contributed by atoms with van der Waals surface area (Å²) >= 11 is 0. The number of nitrogens with zero attached hydrogens (tertiary/aromatic N) is 2. The molecule has 1 unspecified atom stereocenters. The molecular weight excluding hydrogens is 557 g/mol. The molecule has 1 fully saturated rings. The molecule has 1 N–H and O–H groups in total. The number of halogens is 1. The molecule has 0 saturated heterocycles. The lowest BCUT2D eigenvalue weighted by Gasteiger charge is -2.33. The molecule has 5 nitrogen and oxygen atoms in total. The van der Waals surface area contributed by atoms with Gasteiger partial charge in [0.05, 0.1) is 0 Å². The van der Waals surface area contributed by atoms with Gasteiger partial charge in [-0.25, -0.2) is 8.70 Å². The Balaban J connectivity index is 0. The third kappa shape index (κ3) is 25.1. The fourth-order valence-electron chi connectivity index (χ4n) is 4.87. The van der Waals surface area contributed by atoms with Crippen molar-refractivity contribution in [2.24, 2.45) is 17.8 Å². The zero-order chi connectivity index (χ0) is 33.3. The van der Waals surface area contributed by atoms with Crippen LogP contribution >= 0.6 is 0 Å². The van der Waals surface area contributed by atoms with Crippen molar-refractivity contribution in [3.8, 4) is 0 Å². The SMILES string of the molecule is C=S(=O)(CC1CCC(C)(F)CC1)N(C)CC(C)C.CC.CCCC(CCC)CC(C)=O.Cc1ccn[nH]1.c1ccccc1. The van der Waals surface area contributed by atoms with Crippen LogP contribution in [0.2, 0.25) is 0 Å². The Morgan fingerprint density at radius 3 is 1.86 bits per heavy atom. The number of carbonyl (C=O) groups is 1. The monoisotopic (exact) mass is 623 g/mol. The highest BCUT2D eigenvalue weighted by molar-refractivity contribution is 7.98. The number of carbonyl (C=O) groups excluding carboxylic acids is 1. The van der Waals surface area contributed by atoms with Gasteiger partial charge < -0.3 is 4.79 Å². The minimum Gasteiger partial charge on any atom is -0.300 e. The highest BCUT2D eigenvalue weighted by atomic mass is 32.2. The Kier molecular flexibility index (Phi) is 25.4. The first kappa shape index (κ1) is 43.1. The summed E-state index contributed by atoms with van der Waals surface area (Å²) in [6.45, 7) is 18.7. The fraction of sp³-hybridized carbons (Fsp3) is 0.694. The number of aromatic amines is 1. The molecule has 1 saturated carbocycles. The van der Waals surface area contributed by atoms with Gasteiger partial charge in [-0.05, 0) is 83.2 Å². The minimum atomic E-state index is -2.18. The Hall–Kier alpha value is -1.99. The summed E-state index contributed by atoms with van der Waals surface area (Å²) in [5.41, 5.74) is 0.0950. The Bertz CT molecular complexity index is 950. The van der Waals surface area contributed by atoms with Crippen LogP contribution in [-0.4, -0.2) is 55.4 Å². The van der Waals surface area contributed by atoms with E-state index in [4.69, 9.17) is 0 Å². The molecule has 1 atom stereocenters.